The first-order chi connectivity index (χ1) is 6.79. The van der Waals surface area contributed by atoms with Crippen molar-refractivity contribution in [1.82, 2.24) is 0 Å². The number of benzene rings is 2. The van der Waals surface area contributed by atoms with Gasteiger partial charge in [0.05, 0.1) is 0 Å². The molecule has 2 aromatic carbocycles. The van der Waals surface area contributed by atoms with Crippen molar-refractivity contribution in [2.75, 3.05) is 0 Å². The molecule has 3 atom stereocenters. The van der Waals surface area contributed by atoms with Gasteiger partial charge in [0.25, 0.3) is 0 Å². The van der Waals surface area contributed by atoms with Crippen molar-refractivity contribution in [3.05, 3.63) is 47.5 Å². The summed E-state index contributed by atoms with van der Waals surface area (Å²) in [6.45, 7) is 0. The summed E-state index contributed by atoms with van der Waals surface area (Å²) in [5.41, 5.74) is 3.25. The van der Waals surface area contributed by atoms with E-state index in [1.807, 2.05) is 0 Å². The molecule has 1 aliphatic rings. The van der Waals surface area contributed by atoms with Crippen LogP contribution in [0.3, 0.4) is 0 Å². The standard InChI is InChI=1S/C12H11PS/c13-11-8-5-1-3-7-4-2-6-9(10(7)8)12(11)14/h1-6,11-12,14H,13H2. The summed E-state index contributed by atoms with van der Waals surface area (Å²) in [7, 11) is 2.90. The molecular formula is C12H11PS. The lowest BCUT2D eigenvalue weighted by Crippen LogP contribution is -1.88. The molecule has 0 fully saturated rings. The minimum absolute atomic E-state index is 0.334. The van der Waals surface area contributed by atoms with Crippen molar-refractivity contribution in [2.24, 2.45) is 0 Å². The van der Waals surface area contributed by atoms with Crippen LogP contribution in [-0.4, -0.2) is 0 Å². The van der Waals surface area contributed by atoms with Gasteiger partial charge in [-0.25, -0.2) is 0 Å². The van der Waals surface area contributed by atoms with Gasteiger partial charge in [0.2, 0.25) is 0 Å². The smallest absolute Gasteiger partial charge is 0.0376 e. The van der Waals surface area contributed by atoms with Crippen LogP contribution in [0.15, 0.2) is 36.4 Å². The molecule has 0 amide bonds. The molecule has 0 saturated carbocycles. The molecule has 0 saturated heterocycles. The number of rotatable bonds is 0. The van der Waals surface area contributed by atoms with E-state index in [0.29, 0.717) is 10.9 Å². The lowest BCUT2D eigenvalue weighted by atomic mass is 10.1. The molecule has 3 unspecified atom stereocenters. The van der Waals surface area contributed by atoms with E-state index in [4.69, 9.17) is 0 Å². The molecule has 2 heteroatoms. The summed E-state index contributed by atoms with van der Waals surface area (Å²) in [5.74, 6) is 0. The van der Waals surface area contributed by atoms with Gasteiger partial charge in [0.1, 0.15) is 0 Å². The van der Waals surface area contributed by atoms with Gasteiger partial charge < -0.3 is 0 Å². The van der Waals surface area contributed by atoms with Gasteiger partial charge in [-0.1, -0.05) is 36.4 Å². The van der Waals surface area contributed by atoms with Crippen molar-refractivity contribution >= 4 is 32.6 Å². The highest BCUT2D eigenvalue weighted by Gasteiger charge is 2.28. The Hall–Kier alpha value is -0.520. The predicted octanol–water partition coefficient (Wildman–Crippen LogP) is 3.74. The molecule has 0 bridgehead atoms. The SMILES string of the molecule is PC1c2cccc3cccc(c23)C1S. The first kappa shape index (κ1) is 8.76. The third kappa shape index (κ3) is 1.00. The summed E-state index contributed by atoms with van der Waals surface area (Å²) in [6.07, 6.45) is 0. The monoisotopic (exact) mass is 218 g/mol. The third-order valence-electron chi connectivity index (χ3n) is 2.99. The Morgan fingerprint density at radius 1 is 1.00 bits per heavy atom. The van der Waals surface area contributed by atoms with Gasteiger partial charge in [0.15, 0.2) is 0 Å². The van der Waals surface area contributed by atoms with Crippen molar-refractivity contribution in [3.8, 4) is 0 Å². The quantitative estimate of drug-likeness (QED) is 0.505. The second-order valence-corrected chi connectivity index (χ2v) is 5.04. The van der Waals surface area contributed by atoms with E-state index in [1.165, 1.54) is 21.9 Å². The van der Waals surface area contributed by atoms with Crippen molar-refractivity contribution in [2.45, 2.75) is 10.9 Å². The Labute approximate surface area is 91.3 Å². The summed E-state index contributed by atoms with van der Waals surface area (Å²) < 4.78 is 0. The first-order valence-corrected chi connectivity index (χ1v) is 5.92. The summed E-state index contributed by atoms with van der Waals surface area (Å²) in [5, 5.41) is 3.08. The molecule has 1 aliphatic carbocycles. The maximum Gasteiger partial charge on any atom is 0.0376 e. The minimum atomic E-state index is 0.334. The highest BCUT2D eigenvalue weighted by Crippen LogP contribution is 2.51. The van der Waals surface area contributed by atoms with Crippen LogP contribution >= 0.6 is 21.9 Å². The van der Waals surface area contributed by atoms with E-state index in [-0.39, 0.29) is 0 Å². The molecule has 0 N–H and O–H groups in total. The zero-order valence-corrected chi connectivity index (χ0v) is 9.69. The van der Waals surface area contributed by atoms with Crippen molar-refractivity contribution in [3.63, 3.8) is 0 Å². The Morgan fingerprint density at radius 3 is 2.36 bits per heavy atom. The first-order valence-electron chi connectivity index (χ1n) is 4.74. The highest BCUT2D eigenvalue weighted by molar-refractivity contribution is 7.80. The molecule has 0 aromatic heterocycles. The fourth-order valence-corrected chi connectivity index (χ4v) is 3.15. The van der Waals surface area contributed by atoms with Gasteiger partial charge in [-0.05, 0) is 21.9 Å². The van der Waals surface area contributed by atoms with E-state index >= 15 is 0 Å². The zero-order valence-electron chi connectivity index (χ0n) is 7.64. The van der Waals surface area contributed by atoms with Gasteiger partial charge in [-0.15, -0.1) is 9.24 Å². The van der Waals surface area contributed by atoms with Crippen LogP contribution in [0, 0.1) is 0 Å². The Balaban J connectivity index is 2.49. The molecule has 2 aromatic rings. The fourth-order valence-electron chi connectivity index (χ4n) is 2.29. The Morgan fingerprint density at radius 2 is 1.64 bits per heavy atom. The van der Waals surface area contributed by atoms with Crippen LogP contribution in [-0.2, 0) is 0 Å². The van der Waals surface area contributed by atoms with Crippen molar-refractivity contribution < 1.29 is 0 Å². The Kier molecular flexibility index (Phi) is 1.87. The number of thiol groups is 1. The molecule has 14 heavy (non-hydrogen) atoms. The zero-order chi connectivity index (χ0) is 9.71. The highest BCUT2D eigenvalue weighted by atomic mass is 32.1. The third-order valence-corrected chi connectivity index (χ3v) is 4.65. The molecule has 0 heterocycles. The maximum absolute atomic E-state index is 4.67. The molecule has 3 rings (SSSR count). The Bertz CT molecular complexity index is 464. The van der Waals surface area contributed by atoms with Crippen LogP contribution < -0.4 is 0 Å². The van der Waals surface area contributed by atoms with Crippen LogP contribution in [0.5, 0.6) is 0 Å². The predicted molar refractivity (Wildman–Crippen MR) is 68.1 cm³/mol. The van der Waals surface area contributed by atoms with Crippen LogP contribution in [0.4, 0.5) is 0 Å². The van der Waals surface area contributed by atoms with Crippen LogP contribution in [0.2, 0.25) is 0 Å². The molecule has 0 spiro atoms. The molecular weight excluding hydrogens is 207 g/mol. The van der Waals surface area contributed by atoms with Crippen LogP contribution in [0.1, 0.15) is 22.0 Å². The number of hydrogen-bond donors (Lipinski definition) is 1. The van der Waals surface area contributed by atoms with Crippen molar-refractivity contribution in [1.29, 1.82) is 0 Å². The molecule has 0 radical (unpaired) electrons. The number of hydrogen-bond acceptors (Lipinski definition) is 1. The van der Waals surface area contributed by atoms with E-state index in [2.05, 4.69) is 58.3 Å². The van der Waals surface area contributed by atoms with Gasteiger partial charge >= 0.3 is 0 Å². The summed E-state index contributed by atoms with van der Waals surface area (Å²) in [6, 6.07) is 13.0. The van der Waals surface area contributed by atoms with Gasteiger partial charge in [-0.3, -0.25) is 0 Å². The van der Waals surface area contributed by atoms with Gasteiger partial charge in [-0.2, -0.15) is 12.6 Å². The van der Waals surface area contributed by atoms with Crippen LogP contribution in [0.25, 0.3) is 10.8 Å². The molecule has 70 valence electrons. The maximum atomic E-state index is 4.67. The van der Waals surface area contributed by atoms with E-state index < -0.39 is 0 Å². The second kappa shape index (κ2) is 2.98. The second-order valence-electron chi connectivity index (χ2n) is 3.76. The fraction of sp³-hybridized carbons (Fsp3) is 0.167. The van der Waals surface area contributed by atoms with E-state index in [0.717, 1.165) is 0 Å². The van der Waals surface area contributed by atoms with Gasteiger partial charge in [0, 0.05) is 10.9 Å². The normalized spacial score (nSPS) is 24.4. The van der Waals surface area contributed by atoms with E-state index in [1.54, 1.807) is 0 Å². The topological polar surface area (TPSA) is 0 Å². The lowest BCUT2D eigenvalue weighted by molar-refractivity contribution is 0.972. The average Bonchev–Trinajstić information content (AvgIpc) is 2.47. The minimum Gasteiger partial charge on any atom is -0.170 e. The lowest BCUT2D eigenvalue weighted by Gasteiger charge is -2.09. The molecule has 0 nitrogen and oxygen atoms in total. The summed E-state index contributed by atoms with van der Waals surface area (Å²) >= 11 is 4.67. The average molecular weight is 218 g/mol. The molecule has 0 aliphatic heterocycles. The summed E-state index contributed by atoms with van der Waals surface area (Å²) in [4.78, 5) is 0. The van der Waals surface area contributed by atoms with E-state index in [9.17, 15) is 0 Å². The largest absolute Gasteiger partial charge is 0.170 e.